The van der Waals surface area contributed by atoms with Crippen molar-refractivity contribution >= 4 is 38.6 Å². The molecule has 0 aromatic heterocycles. The molecule has 0 fully saturated rings. The second-order valence-electron chi connectivity index (χ2n) is 5.88. The maximum atomic E-state index is 14.1. The topological polar surface area (TPSA) is 55.7 Å². The van der Waals surface area contributed by atoms with E-state index in [9.17, 15) is 13.4 Å². The van der Waals surface area contributed by atoms with Crippen LogP contribution in [0.15, 0.2) is 27.1 Å². The van der Waals surface area contributed by atoms with Crippen molar-refractivity contribution in [1.82, 2.24) is 0 Å². The predicted molar refractivity (Wildman–Crippen MR) is 89.8 cm³/mol. The summed E-state index contributed by atoms with van der Waals surface area (Å²) in [6, 6.07) is 4.12. The molecule has 1 unspecified atom stereocenters. The van der Waals surface area contributed by atoms with E-state index in [0.29, 0.717) is 4.47 Å². The molecule has 0 amide bonds. The summed E-state index contributed by atoms with van der Waals surface area (Å²) in [4.78, 5) is 12.2. The summed E-state index contributed by atoms with van der Waals surface area (Å²) >= 11 is 3.22. The van der Waals surface area contributed by atoms with Gasteiger partial charge in [0.05, 0.1) is 10.9 Å². The lowest BCUT2D eigenvalue weighted by Crippen LogP contribution is -2.27. The zero-order chi connectivity index (χ0) is 17.1. The largest absolute Gasteiger partial charge is 0.458 e. The summed E-state index contributed by atoms with van der Waals surface area (Å²) in [7, 11) is -1.71. The van der Waals surface area contributed by atoms with Crippen LogP contribution in [0.5, 0.6) is 0 Å². The normalized spacial score (nSPS) is 14.1. The van der Waals surface area contributed by atoms with Crippen molar-refractivity contribution < 1.29 is 18.1 Å². The van der Waals surface area contributed by atoms with Gasteiger partial charge in [0.25, 0.3) is 0 Å². The Labute approximate surface area is 140 Å². The molecular formula is C15H19BrFNO3S. The van der Waals surface area contributed by atoms with Crippen LogP contribution in [0, 0.1) is 5.82 Å². The molecule has 0 N–H and O–H groups in total. The summed E-state index contributed by atoms with van der Waals surface area (Å²) in [6.45, 7) is 8.50. The fraction of sp³-hybridized carbons (Fsp3) is 0.467. The molecule has 1 rings (SSSR count). The van der Waals surface area contributed by atoms with Crippen LogP contribution in [-0.4, -0.2) is 26.7 Å². The van der Waals surface area contributed by atoms with Gasteiger partial charge in [0, 0.05) is 10.0 Å². The Hall–Kier alpha value is -1.08. The molecule has 1 aromatic carbocycles. The number of carbonyl (C=O) groups is 1. The summed E-state index contributed by atoms with van der Waals surface area (Å²) in [5, 5.41) is 0. The van der Waals surface area contributed by atoms with E-state index in [1.807, 2.05) is 0 Å². The molecule has 0 aliphatic carbocycles. The minimum absolute atomic E-state index is 0.0439. The van der Waals surface area contributed by atoms with Crippen molar-refractivity contribution in [3.8, 4) is 0 Å². The van der Waals surface area contributed by atoms with Crippen LogP contribution in [-0.2, 0) is 20.5 Å². The minimum atomic E-state index is -1.71. The molecule has 7 heteroatoms. The van der Waals surface area contributed by atoms with E-state index in [1.54, 1.807) is 34.6 Å². The first-order chi connectivity index (χ1) is 10.0. The molecule has 1 aromatic rings. The Kier molecular flexibility index (Phi) is 6.43. The smallest absolute Gasteiger partial charge is 0.358 e. The van der Waals surface area contributed by atoms with Gasteiger partial charge in [-0.15, -0.1) is 0 Å². The highest BCUT2D eigenvalue weighted by molar-refractivity contribution is 9.10. The van der Waals surface area contributed by atoms with E-state index in [4.69, 9.17) is 4.74 Å². The molecule has 0 saturated heterocycles. The van der Waals surface area contributed by atoms with Crippen LogP contribution < -0.4 is 0 Å². The summed E-state index contributed by atoms with van der Waals surface area (Å²) in [5.74, 6) is -1.43. The molecule has 122 valence electrons. The lowest BCUT2D eigenvalue weighted by molar-refractivity contribution is -0.138. The Bertz CT molecular complexity index is 624. The van der Waals surface area contributed by atoms with Crippen LogP contribution in [0.25, 0.3) is 0 Å². The van der Waals surface area contributed by atoms with Gasteiger partial charge >= 0.3 is 5.97 Å². The Morgan fingerprint density at radius 2 is 1.95 bits per heavy atom. The van der Waals surface area contributed by atoms with Gasteiger partial charge in [0.1, 0.15) is 16.8 Å². The van der Waals surface area contributed by atoms with Gasteiger partial charge in [-0.1, -0.05) is 15.9 Å². The summed E-state index contributed by atoms with van der Waals surface area (Å²) < 4.78 is 35.2. The zero-order valence-corrected chi connectivity index (χ0v) is 15.5. The van der Waals surface area contributed by atoms with Gasteiger partial charge in [-0.3, -0.25) is 0 Å². The van der Waals surface area contributed by atoms with Crippen LogP contribution in [0.4, 0.5) is 4.39 Å². The predicted octanol–water partition coefficient (Wildman–Crippen LogP) is 3.79. The molecule has 22 heavy (non-hydrogen) atoms. The Morgan fingerprint density at radius 3 is 2.45 bits per heavy atom. The number of nitrogens with zero attached hydrogens (tertiary/aromatic N) is 1. The van der Waals surface area contributed by atoms with Crippen molar-refractivity contribution in [1.29, 1.82) is 0 Å². The first-order valence-corrected chi connectivity index (χ1v) is 8.59. The molecule has 4 nitrogen and oxygen atoms in total. The van der Waals surface area contributed by atoms with Gasteiger partial charge in [-0.2, -0.15) is 4.40 Å². The fourth-order valence-corrected chi connectivity index (χ4v) is 2.34. The highest BCUT2D eigenvalue weighted by Crippen LogP contribution is 2.20. The average molecular weight is 392 g/mol. The summed E-state index contributed by atoms with van der Waals surface area (Å²) in [5.41, 5.74) is -0.321. The van der Waals surface area contributed by atoms with E-state index in [-0.39, 0.29) is 11.3 Å². The van der Waals surface area contributed by atoms with Crippen molar-refractivity contribution in [2.45, 2.75) is 45.5 Å². The SMILES string of the molecule is CC(C)OC(=O)/C(=N/S(=O)C(C)(C)C)c1cc(Br)ccc1F. The maximum Gasteiger partial charge on any atom is 0.358 e. The second kappa shape index (κ2) is 7.46. The molecule has 1 atom stereocenters. The van der Waals surface area contributed by atoms with E-state index < -0.39 is 33.6 Å². The van der Waals surface area contributed by atoms with E-state index in [1.165, 1.54) is 18.2 Å². The number of halogens is 2. The van der Waals surface area contributed by atoms with Crippen LogP contribution in [0.3, 0.4) is 0 Å². The third kappa shape index (κ3) is 5.28. The van der Waals surface area contributed by atoms with Crippen LogP contribution in [0.1, 0.15) is 40.2 Å². The highest BCUT2D eigenvalue weighted by Gasteiger charge is 2.26. The van der Waals surface area contributed by atoms with Gasteiger partial charge in [-0.05, 0) is 52.8 Å². The zero-order valence-electron chi connectivity index (χ0n) is 13.1. The average Bonchev–Trinajstić information content (AvgIpc) is 2.36. The molecule has 0 aliphatic heterocycles. The van der Waals surface area contributed by atoms with Crippen molar-refractivity contribution in [2.75, 3.05) is 0 Å². The number of ether oxygens (including phenoxy) is 1. The van der Waals surface area contributed by atoms with Crippen molar-refractivity contribution in [2.24, 2.45) is 4.40 Å². The van der Waals surface area contributed by atoms with Crippen molar-refractivity contribution in [3.05, 3.63) is 34.1 Å². The Balaban J connectivity index is 3.40. The molecule has 0 spiro atoms. The lowest BCUT2D eigenvalue weighted by Gasteiger charge is -2.16. The van der Waals surface area contributed by atoms with E-state index >= 15 is 0 Å². The second-order valence-corrected chi connectivity index (χ2v) is 8.70. The van der Waals surface area contributed by atoms with Crippen LogP contribution in [0.2, 0.25) is 0 Å². The number of carbonyl (C=O) groups excluding carboxylic acids is 1. The molecule has 0 saturated carbocycles. The number of hydrogen-bond acceptors (Lipinski definition) is 3. The van der Waals surface area contributed by atoms with Crippen molar-refractivity contribution in [3.63, 3.8) is 0 Å². The number of benzene rings is 1. The first-order valence-electron chi connectivity index (χ1n) is 6.69. The third-order valence-corrected chi connectivity index (χ3v) is 4.31. The van der Waals surface area contributed by atoms with Gasteiger partial charge in [0.15, 0.2) is 5.71 Å². The van der Waals surface area contributed by atoms with Crippen LogP contribution >= 0.6 is 15.9 Å². The van der Waals surface area contributed by atoms with Gasteiger partial charge in [0.2, 0.25) is 0 Å². The number of esters is 1. The first kappa shape index (κ1) is 19.0. The molecule has 0 heterocycles. The minimum Gasteiger partial charge on any atom is -0.458 e. The molecule has 0 aliphatic rings. The highest BCUT2D eigenvalue weighted by atomic mass is 79.9. The third-order valence-electron chi connectivity index (χ3n) is 2.42. The maximum absolute atomic E-state index is 14.1. The number of rotatable bonds is 4. The van der Waals surface area contributed by atoms with Gasteiger partial charge in [-0.25, -0.2) is 13.4 Å². The fourth-order valence-electron chi connectivity index (χ4n) is 1.37. The van der Waals surface area contributed by atoms with E-state index in [0.717, 1.165) is 0 Å². The molecule has 0 bridgehead atoms. The Morgan fingerprint density at radius 1 is 1.36 bits per heavy atom. The molecule has 0 radical (unpaired) electrons. The van der Waals surface area contributed by atoms with Gasteiger partial charge < -0.3 is 4.74 Å². The number of hydrogen-bond donors (Lipinski definition) is 0. The molecular weight excluding hydrogens is 373 g/mol. The summed E-state index contributed by atoms with van der Waals surface area (Å²) in [6.07, 6.45) is -0.393. The van der Waals surface area contributed by atoms with E-state index in [2.05, 4.69) is 20.3 Å². The lowest BCUT2D eigenvalue weighted by atomic mass is 10.1. The standard InChI is InChI=1S/C15H19BrFNO3S/c1-9(2)21-14(19)13(18-22(20)15(3,4)5)11-8-10(16)6-7-12(11)17/h6-9H,1-5H3/b18-13+. The quantitative estimate of drug-likeness (QED) is 0.579. The monoisotopic (exact) mass is 391 g/mol.